The van der Waals surface area contributed by atoms with Crippen LogP contribution in [0.1, 0.15) is 28.1 Å². The van der Waals surface area contributed by atoms with Crippen LogP contribution in [0.5, 0.6) is 0 Å². The van der Waals surface area contributed by atoms with Gasteiger partial charge < -0.3 is 18.6 Å². The molecule has 1 aliphatic heterocycles. The van der Waals surface area contributed by atoms with Crippen LogP contribution < -0.4 is 0 Å². The Balaban J connectivity index is 1.65. The molecule has 0 aliphatic carbocycles. The van der Waals surface area contributed by atoms with Gasteiger partial charge in [0.2, 0.25) is 18.0 Å². The Morgan fingerprint density at radius 1 is 1.28 bits per heavy atom. The summed E-state index contributed by atoms with van der Waals surface area (Å²) in [6, 6.07) is 9.06. The standard InChI is InChI=1S/C17H16N4O4/c1-11-14(25-16(19-11)12-5-3-2-4-6-12)17(22)21-7-8-23-9-13(21)15-18-10-24-20-15/h2-6,10,13H,7-9H2,1H3/t13-/m0/s1. The van der Waals surface area contributed by atoms with E-state index in [9.17, 15) is 4.79 Å². The first-order chi connectivity index (χ1) is 12.2. The number of carbonyl (C=O) groups is 1. The zero-order chi connectivity index (χ0) is 17.2. The van der Waals surface area contributed by atoms with Crippen LogP contribution in [0.4, 0.5) is 0 Å². The Bertz CT molecular complexity index is 860. The number of benzene rings is 1. The number of rotatable bonds is 3. The van der Waals surface area contributed by atoms with Gasteiger partial charge in [-0.1, -0.05) is 23.4 Å². The van der Waals surface area contributed by atoms with E-state index < -0.39 is 6.04 Å². The number of nitrogens with zero attached hydrogens (tertiary/aromatic N) is 4. The molecule has 3 heterocycles. The van der Waals surface area contributed by atoms with E-state index in [1.54, 1.807) is 11.8 Å². The Hall–Kier alpha value is -3.00. The van der Waals surface area contributed by atoms with E-state index in [4.69, 9.17) is 13.7 Å². The molecule has 0 spiro atoms. The molecule has 0 unspecified atom stereocenters. The number of carbonyl (C=O) groups excluding carboxylic acids is 1. The Morgan fingerprint density at radius 2 is 2.12 bits per heavy atom. The highest BCUT2D eigenvalue weighted by Gasteiger charge is 2.34. The number of hydrogen-bond donors (Lipinski definition) is 0. The van der Waals surface area contributed by atoms with Gasteiger partial charge in [-0.2, -0.15) is 4.98 Å². The SMILES string of the molecule is Cc1nc(-c2ccccc2)oc1C(=O)N1CCOC[C@H]1c1ncon1. The quantitative estimate of drug-likeness (QED) is 0.721. The van der Waals surface area contributed by atoms with E-state index in [-0.39, 0.29) is 11.7 Å². The van der Waals surface area contributed by atoms with Crippen LogP contribution in [-0.4, -0.2) is 45.7 Å². The fraction of sp³-hybridized carbons (Fsp3) is 0.294. The van der Waals surface area contributed by atoms with Crippen molar-refractivity contribution in [2.75, 3.05) is 19.8 Å². The minimum Gasteiger partial charge on any atom is -0.431 e. The second-order valence-electron chi connectivity index (χ2n) is 5.68. The number of aryl methyl sites for hydroxylation is 1. The van der Waals surface area contributed by atoms with Crippen LogP contribution in [0.2, 0.25) is 0 Å². The van der Waals surface area contributed by atoms with E-state index in [1.807, 2.05) is 30.3 Å². The molecule has 4 rings (SSSR count). The molecular formula is C17H16N4O4. The lowest BCUT2D eigenvalue weighted by Crippen LogP contribution is -2.44. The fourth-order valence-electron chi connectivity index (χ4n) is 2.82. The number of ether oxygens (including phenoxy) is 1. The van der Waals surface area contributed by atoms with Crippen molar-refractivity contribution in [2.45, 2.75) is 13.0 Å². The minimum atomic E-state index is -0.412. The summed E-state index contributed by atoms with van der Waals surface area (Å²) in [4.78, 5) is 23.1. The predicted molar refractivity (Wildman–Crippen MR) is 85.6 cm³/mol. The molecule has 1 fully saturated rings. The average Bonchev–Trinajstić information content (AvgIpc) is 3.32. The molecule has 0 bridgehead atoms. The van der Waals surface area contributed by atoms with Crippen LogP contribution >= 0.6 is 0 Å². The molecular weight excluding hydrogens is 324 g/mol. The summed E-state index contributed by atoms with van der Waals surface area (Å²) in [5, 5.41) is 3.84. The van der Waals surface area contributed by atoms with Gasteiger partial charge in [0, 0.05) is 12.1 Å². The van der Waals surface area contributed by atoms with Crippen molar-refractivity contribution >= 4 is 5.91 Å². The molecule has 2 aromatic heterocycles. The minimum absolute atomic E-state index is 0.217. The van der Waals surface area contributed by atoms with E-state index in [1.165, 1.54) is 6.39 Å². The van der Waals surface area contributed by atoms with Gasteiger partial charge in [0.25, 0.3) is 5.91 Å². The van der Waals surface area contributed by atoms with Gasteiger partial charge in [0.1, 0.15) is 6.04 Å². The third-order valence-corrected chi connectivity index (χ3v) is 4.08. The molecule has 0 N–H and O–H groups in total. The highest BCUT2D eigenvalue weighted by Crippen LogP contribution is 2.27. The molecule has 8 heteroatoms. The number of hydrogen-bond acceptors (Lipinski definition) is 7. The van der Waals surface area contributed by atoms with Crippen LogP contribution in [0.3, 0.4) is 0 Å². The average molecular weight is 340 g/mol. The van der Waals surface area contributed by atoms with Gasteiger partial charge in [-0.3, -0.25) is 4.79 Å². The van der Waals surface area contributed by atoms with Crippen molar-refractivity contribution in [1.82, 2.24) is 20.0 Å². The van der Waals surface area contributed by atoms with Gasteiger partial charge in [-0.05, 0) is 19.1 Å². The molecule has 1 aromatic carbocycles. The fourth-order valence-corrected chi connectivity index (χ4v) is 2.82. The zero-order valence-electron chi connectivity index (χ0n) is 13.6. The van der Waals surface area contributed by atoms with Crippen molar-refractivity contribution in [3.05, 3.63) is 54.0 Å². The van der Waals surface area contributed by atoms with Gasteiger partial charge in [-0.25, -0.2) is 4.98 Å². The number of amides is 1. The highest BCUT2D eigenvalue weighted by molar-refractivity contribution is 5.93. The summed E-state index contributed by atoms with van der Waals surface area (Å²) < 4.78 is 16.0. The summed E-state index contributed by atoms with van der Waals surface area (Å²) in [6.07, 6.45) is 1.24. The van der Waals surface area contributed by atoms with Gasteiger partial charge >= 0.3 is 0 Å². The lowest BCUT2D eigenvalue weighted by Gasteiger charge is -2.33. The lowest BCUT2D eigenvalue weighted by molar-refractivity contribution is -0.00730. The molecule has 0 radical (unpaired) electrons. The maximum absolute atomic E-state index is 13.0. The van der Waals surface area contributed by atoms with Crippen LogP contribution in [0, 0.1) is 6.92 Å². The monoisotopic (exact) mass is 340 g/mol. The molecule has 1 atom stereocenters. The van der Waals surface area contributed by atoms with Crippen molar-refractivity contribution in [3.63, 3.8) is 0 Å². The summed E-state index contributed by atoms with van der Waals surface area (Å²) >= 11 is 0. The van der Waals surface area contributed by atoms with E-state index >= 15 is 0 Å². The summed E-state index contributed by atoms with van der Waals surface area (Å²) in [5.74, 6) is 0.791. The third-order valence-electron chi connectivity index (χ3n) is 4.08. The van der Waals surface area contributed by atoms with E-state index in [2.05, 4.69) is 15.1 Å². The first-order valence-electron chi connectivity index (χ1n) is 7.92. The number of morpholine rings is 1. The second kappa shape index (κ2) is 6.48. The summed E-state index contributed by atoms with van der Waals surface area (Å²) in [7, 11) is 0. The lowest BCUT2D eigenvalue weighted by atomic mass is 10.2. The van der Waals surface area contributed by atoms with E-state index in [0.29, 0.717) is 37.2 Å². The Labute approximate surface area is 143 Å². The van der Waals surface area contributed by atoms with Crippen molar-refractivity contribution in [3.8, 4) is 11.5 Å². The molecule has 128 valence electrons. The molecule has 8 nitrogen and oxygen atoms in total. The first-order valence-corrected chi connectivity index (χ1v) is 7.92. The molecule has 1 saturated heterocycles. The predicted octanol–water partition coefficient (Wildman–Crippen LogP) is 2.25. The van der Waals surface area contributed by atoms with Gasteiger partial charge in [-0.15, -0.1) is 0 Å². The normalized spacial score (nSPS) is 17.6. The molecule has 3 aromatic rings. The van der Waals surface area contributed by atoms with Crippen molar-refractivity contribution < 1.29 is 18.5 Å². The largest absolute Gasteiger partial charge is 0.431 e. The van der Waals surface area contributed by atoms with Gasteiger partial charge in [0.05, 0.1) is 18.9 Å². The topological polar surface area (TPSA) is 94.5 Å². The second-order valence-corrected chi connectivity index (χ2v) is 5.68. The van der Waals surface area contributed by atoms with Crippen molar-refractivity contribution in [1.29, 1.82) is 0 Å². The van der Waals surface area contributed by atoms with Crippen LogP contribution in [0.15, 0.2) is 45.7 Å². The zero-order valence-corrected chi connectivity index (χ0v) is 13.6. The van der Waals surface area contributed by atoms with Crippen LogP contribution in [0.25, 0.3) is 11.5 Å². The maximum atomic E-state index is 13.0. The molecule has 25 heavy (non-hydrogen) atoms. The maximum Gasteiger partial charge on any atom is 0.292 e. The number of aromatic nitrogens is 3. The molecule has 1 amide bonds. The third kappa shape index (κ3) is 2.91. The summed E-state index contributed by atoms with van der Waals surface area (Å²) in [5.41, 5.74) is 1.36. The van der Waals surface area contributed by atoms with Crippen LogP contribution in [-0.2, 0) is 4.74 Å². The Kier molecular flexibility index (Phi) is 4.02. The highest BCUT2D eigenvalue weighted by atomic mass is 16.5. The van der Waals surface area contributed by atoms with Crippen molar-refractivity contribution in [2.24, 2.45) is 0 Å². The van der Waals surface area contributed by atoms with E-state index in [0.717, 1.165) is 5.56 Å². The smallest absolute Gasteiger partial charge is 0.292 e. The van der Waals surface area contributed by atoms with Gasteiger partial charge in [0.15, 0.2) is 5.82 Å². The first kappa shape index (κ1) is 15.5. The Morgan fingerprint density at radius 3 is 2.88 bits per heavy atom. The molecule has 0 saturated carbocycles. The summed E-state index contributed by atoms with van der Waals surface area (Å²) in [6.45, 7) is 2.93. The number of oxazole rings is 1. The molecule has 1 aliphatic rings.